The molecule has 0 fully saturated rings. The highest BCUT2D eigenvalue weighted by atomic mass is 32.2. The van der Waals surface area contributed by atoms with Crippen LogP contribution in [-0.2, 0) is 0 Å². The predicted molar refractivity (Wildman–Crippen MR) is 45.9 cm³/mol. The van der Waals surface area contributed by atoms with Crippen molar-refractivity contribution < 1.29 is 0 Å². The number of thioether (sulfide) groups is 1. The van der Waals surface area contributed by atoms with Gasteiger partial charge in [-0.2, -0.15) is 0 Å². The molecule has 0 saturated heterocycles. The summed E-state index contributed by atoms with van der Waals surface area (Å²) in [4.78, 5) is 1.17. The van der Waals surface area contributed by atoms with Crippen LogP contribution in [0.4, 0.5) is 0 Å². The molecule has 0 heterocycles. The van der Waals surface area contributed by atoms with Gasteiger partial charge in [0.25, 0.3) is 0 Å². The van der Waals surface area contributed by atoms with E-state index in [1.165, 1.54) is 22.2 Å². The topological polar surface area (TPSA) is 0 Å². The van der Waals surface area contributed by atoms with Crippen molar-refractivity contribution in [3.05, 3.63) is 29.8 Å². The van der Waals surface area contributed by atoms with Gasteiger partial charge in [0.2, 0.25) is 0 Å². The zero-order chi connectivity index (χ0) is 7.40. The molecule has 1 rings (SSSR count). The minimum absolute atomic E-state index is 1.17. The fraction of sp³-hybridized carbons (Fsp3) is 0.111. The molecular weight excluding hydrogens is 140 g/mol. The molecule has 10 heavy (non-hydrogen) atoms. The van der Waals surface area contributed by atoms with Gasteiger partial charge in [0.05, 0.1) is 0 Å². The Hall–Kier alpha value is -0.870. The van der Waals surface area contributed by atoms with E-state index in [0.29, 0.717) is 0 Å². The van der Waals surface area contributed by atoms with E-state index in [0.717, 1.165) is 0 Å². The molecule has 50 valence electrons. The van der Waals surface area contributed by atoms with E-state index in [-0.39, 0.29) is 0 Å². The second kappa shape index (κ2) is 3.34. The minimum Gasteiger partial charge on any atom is -0.108 e. The minimum atomic E-state index is 1.17. The maximum Gasteiger partial charge on any atom is 0.0232 e. The van der Waals surface area contributed by atoms with Crippen LogP contribution in [0.2, 0.25) is 0 Å². The van der Waals surface area contributed by atoms with Crippen molar-refractivity contribution in [2.24, 2.45) is 0 Å². The lowest BCUT2D eigenvalue weighted by molar-refractivity contribution is 1.31. The normalized spacial score (nSPS) is 8.80. The zero-order valence-electron chi connectivity index (χ0n) is 5.79. The standard InChI is InChI=1S/C9H8S/c1-3-10-9-7-5-4-6-8(9)2/h1,4-7H,2H3. The molecule has 0 aromatic heterocycles. The Morgan fingerprint density at radius 1 is 1.40 bits per heavy atom. The Labute approximate surface area is 65.6 Å². The van der Waals surface area contributed by atoms with Crippen molar-refractivity contribution in [1.29, 1.82) is 0 Å². The monoisotopic (exact) mass is 148 g/mol. The lowest BCUT2D eigenvalue weighted by Crippen LogP contribution is -1.74. The SMILES string of the molecule is C#CSc1ccccc1C. The third-order valence-electron chi connectivity index (χ3n) is 1.26. The van der Waals surface area contributed by atoms with Gasteiger partial charge >= 0.3 is 0 Å². The summed E-state index contributed by atoms with van der Waals surface area (Å²) in [5.41, 5.74) is 1.24. The summed E-state index contributed by atoms with van der Waals surface area (Å²) in [6, 6.07) is 8.09. The molecule has 0 aliphatic heterocycles. The first-order valence-corrected chi connectivity index (χ1v) is 3.84. The van der Waals surface area contributed by atoms with Gasteiger partial charge in [-0.25, -0.2) is 0 Å². The van der Waals surface area contributed by atoms with Crippen LogP contribution >= 0.6 is 11.8 Å². The van der Waals surface area contributed by atoms with E-state index in [2.05, 4.69) is 18.2 Å². The summed E-state index contributed by atoms with van der Waals surface area (Å²) in [5, 5.41) is 2.54. The van der Waals surface area contributed by atoms with Crippen molar-refractivity contribution in [2.75, 3.05) is 0 Å². The summed E-state index contributed by atoms with van der Waals surface area (Å²) in [7, 11) is 0. The van der Waals surface area contributed by atoms with Crippen LogP contribution in [0, 0.1) is 18.6 Å². The van der Waals surface area contributed by atoms with Gasteiger partial charge in [0.15, 0.2) is 0 Å². The van der Waals surface area contributed by atoms with Gasteiger partial charge in [-0.15, -0.1) is 6.42 Å². The number of benzene rings is 1. The first-order chi connectivity index (χ1) is 4.84. The third-order valence-corrected chi connectivity index (χ3v) is 2.06. The lowest BCUT2D eigenvalue weighted by atomic mass is 10.2. The molecule has 0 spiro atoms. The van der Waals surface area contributed by atoms with Crippen LogP contribution < -0.4 is 0 Å². The summed E-state index contributed by atoms with van der Waals surface area (Å²) >= 11 is 1.43. The van der Waals surface area contributed by atoms with Gasteiger partial charge in [0.1, 0.15) is 0 Å². The van der Waals surface area contributed by atoms with Gasteiger partial charge in [0, 0.05) is 4.90 Å². The Morgan fingerprint density at radius 2 is 2.10 bits per heavy atom. The summed E-state index contributed by atoms with van der Waals surface area (Å²) in [6.45, 7) is 2.06. The fourth-order valence-electron chi connectivity index (χ4n) is 0.734. The number of hydrogen-bond acceptors (Lipinski definition) is 1. The van der Waals surface area contributed by atoms with Crippen LogP contribution in [0.15, 0.2) is 29.2 Å². The molecular formula is C9H8S. The first kappa shape index (κ1) is 7.24. The molecule has 0 aliphatic rings. The van der Waals surface area contributed by atoms with Crippen LogP contribution in [0.5, 0.6) is 0 Å². The Bertz CT molecular complexity index is 258. The second-order valence-corrected chi connectivity index (χ2v) is 2.87. The molecule has 1 aromatic rings. The highest BCUT2D eigenvalue weighted by molar-refractivity contribution is 8.04. The largest absolute Gasteiger partial charge is 0.108 e. The molecule has 1 heteroatoms. The maximum atomic E-state index is 5.14. The van der Waals surface area contributed by atoms with Gasteiger partial charge < -0.3 is 0 Å². The molecule has 0 atom stereocenters. The van der Waals surface area contributed by atoms with Crippen molar-refractivity contribution >= 4 is 11.8 Å². The zero-order valence-corrected chi connectivity index (χ0v) is 6.61. The van der Waals surface area contributed by atoms with Crippen LogP contribution in [-0.4, -0.2) is 0 Å². The highest BCUT2D eigenvalue weighted by Gasteiger charge is 1.92. The van der Waals surface area contributed by atoms with Crippen LogP contribution in [0.1, 0.15) is 5.56 Å². The molecule has 1 aromatic carbocycles. The fourth-order valence-corrected chi connectivity index (χ4v) is 1.24. The Kier molecular flexibility index (Phi) is 2.42. The lowest BCUT2D eigenvalue weighted by Gasteiger charge is -1.97. The second-order valence-electron chi connectivity index (χ2n) is 1.99. The average molecular weight is 148 g/mol. The van der Waals surface area contributed by atoms with E-state index in [4.69, 9.17) is 6.42 Å². The van der Waals surface area contributed by atoms with E-state index < -0.39 is 0 Å². The molecule has 0 aliphatic carbocycles. The van der Waals surface area contributed by atoms with E-state index in [1.54, 1.807) is 0 Å². The van der Waals surface area contributed by atoms with Crippen molar-refractivity contribution in [3.63, 3.8) is 0 Å². The van der Waals surface area contributed by atoms with Crippen molar-refractivity contribution in [1.82, 2.24) is 0 Å². The number of aryl methyl sites for hydroxylation is 1. The quantitative estimate of drug-likeness (QED) is 0.436. The maximum absolute atomic E-state index is 5.14. The molecule has 0 nitrogen and oxygen atoms in total. The highest BCUT2D eigenvalue weighted by Crippen LogP contribution is 2.19. The van der Waals surface area contributed by atoms with E-state index in [1.807, 2.05) is 18.2 Å². The van der Waals surface area contributed by atoms with Gasteiger partial charge in [-0.1, -0.05) is 18.2 Å². The van der Waals surface area contributed by atoms with E-state index in [9.17, 15) is 0 Å². The van der Waals surface area contributed by atoms with E-state index >= 15 is 0 Å². The molecule has 0 unspecified atom stereocenters. The van der Waals surface area contributed by atoms with Gasteiger partial charge in [-0.05, 0) is 35.6 Å². The number of hydrogen-bond donors (Lipinski definition) is 0. The first-order valence-electron chi connectivity index (χ1n) is 3.02. The molecule has 0 N–H and O–H groups in total. The summed E-state index contributed by atoms with van der Waals surface area (Å²) in [6.07, 6.45) is 5.14. The summed E-state index contributed by atoms with van der Waals surface area (Å²) in [5.74, 6) is 0. The van der Waals surface area contributed by atoms with Crippen molar-refractivity contribution in [2.45, 2.75) is 11.8 Å². The summed E-state index contributed by atoms with van der Waals surface area (Å²) < 4.78 is 0. The average Bonchev–Trinajstić information content (AvgIpc) is 1.94. The molecule has 0 bridgehead atoms. The molecule has 0 amide bonds. The Morgan fingerprint density at radius 3 is 2.70 bits per heavy atom. The predicted octanol–water partition coefficient (Wildman–Crippen LogP) is 2.68. The smallest absolute Gasteiger partial charge is 0.0232 e. The third kappa shape index (κ3) is 1.55. The van der Waals surface area contributed by atoms with Crippen molar-refractivity contribution in [3.8, 4) is 11.7 Å². The number of rotatable bonds is 1. The Balaban J connectivity index is 2.94. The van der Waals surface area contributed by atoms with Gasteiger partial charge in [-0.3, -0.25) is 0 Å². The number of terminal acetylenes is 1. The van der Waals surface area contributed by atoms with Crippen LogP contribution in [0.25, 0.3) is 0 Å². The van der Waals surface area contributed by atoms with Crippen LogP contribution in [0.3, 0.4) is 0 Å². The molecule has 0 radical (unpaired) electrons. The molecule has 0 saturated carbocycles.